The average molecular weight is 296 g/mol. The van der Waals surface area contributed by atoms with Crippen molar-refractivity contribution in [2.24, 2.45) is 0 Å². The Morgan fingerprint density at radius 3 is 2.58 bits per heavy atom. The summed E-state index contributed by atoms with van der Waals surface area (Å²) < 4.78 is 36.4. The summed E-state index contributed by atoms with van der Waals surface area (Å²) >= 11 is 0.914. The van der Waals surface area contributed by atoms with Gasteiger partial charge in [0, 0.05) is 13.6 Å². The van der Waals surface area contributed by atoms with E-state index in [9.17, 15) is 18.0 Å². The average Bonchev–Trinajstić information content (AvgIpc) is 2.69. The Morgan fingerprint density at radius 2 is 2.11 bits per heavy atom. The van der Waals surface area contributed by atoms with Crippen LogP contribution in [0, 0.1) is 0 Å². The minimum Gasteiger partial charge on any atom is -0.477 e. The number of carbonyl (C=O) groups is 1. The number of halogens is 3. The standard InChI is InChI=1S/C11H15F3N2O2S/c1-3-4-7-8(9(17)18)19-10(15-7)16(2)6-5-11(12,13)14/h3-6H2,1-2H3,(H,17,18). The molecular formula is C11H15F3N2O2S. The van der Waals surface area contributed by atoms with Gasteiger partial charge in [-0.05, 0) is 6.42 Å². The molecule has 0 amide bonds. The van der Waals surface area contributed by atoms with Gasteiger partial charge in [0.15, 0.2) is 5.13 Å². The van der Waals surface area contributed by atoms with Crippen LogP contribution in [0.2, 0.25) is 0 Å². The second-order valence-electron chi connectivity index (χ2n) is 4.11. The molecule has 0 aliphatic rings. The van der Waals surface area contributed by atoms with Gasteiger partial charge in [0.05, 0.1) is 12.1 Å². The van der Waals surface area contributed by atoms with E-state index in [1.165, 1.54) is 11.9 Å². The first kappa shape index (κ1) is 15.7. The topological polar surface area (TPSA) is 53.4 Å². The van der Waals surface area contributed by atoms with E-state index >= 15 is 0 Å². The summed E-state index contributed by atoms with van der Waals surface area (Å²) in [4.78, 5) is 16.6. The molecule has 0 atom stereocenters. The van der Waals surface area contributed by atoms with Crippen LogP contribution in [-0.4, -0.2) is 35.8 Å². The minimum atomic E-state index is -4.23. The third kappa shape index (κ3) is 4.70. The van der Waals surface area contributed by atoms with Crippen LogP contribution in [0.25, 0.3) is 0 Å². The third-order valence-electron chi connectivity index (χ3n) is 2.42. The molecule has 0 aromatic carbocycles. The summed E-state index contributed by atoms with van der Waals surface area (Å²) in [6.07, 6.45) is -3.94. The first-order chi connectivity index (χ1) is 8.74. The number of aromatic nitrogens is 1. The van der Waals surface area contributed by atoms with Gasteiger partial charge in [-0.2, -0.15) is 13.2 Å². The van der Waals surface area contributed by atoms with Gasteiger partial charge in [-0.15, -0.1) is 0 Å². The maximum absolute atomic E-state index is 12.1. The Labute approximate surface area is 112 Å². The van der Waals surface area contributed by atoms with Crippen molar-refractivity contribution >= 4 is 22.4 Å². The van der Waals surface area contributed by atoms with Gasteiger partial charge in [-0.3, -0.25) is 0 Å². The lowest BCUT2D eigenvalue weighted by molar-refractivity contribution is -0.132. The van der Waals surface area contributed by atoms with E-state index in [1.807, 2.05) is 6.92 Å². The van der Waals surface area contributed by atoms with Gasteiger partial charge in [0.1, 0.15) is 4.88 Å². The summed E-state index contributed by atoms with van der Waals surface area (Å²) in [6.45, 7) is 1.65. The van der Waals surface area contributed by atoms with E-state index < -0.39 is 18.6 Å². The molecule has 0 aliphatic heterocycles. The minimum absolute atomic E-state index is 0.107. The Kier molecular flexibility index (Phi) is 5.16. The highest BCUT2D eigenvalue weighted by molar-refractivity contribution is 7.17. The van der Waals surface area contributed by atoms with Crippen LogP contribution in [0.15, 0.2) is 0 Å². The molecule has 1 heterocycles. The molecule has 0 unspecified atom stereocenters. The molecule has 0 bridgehead atoms. The lowest BCUT2D eigenvalue weighted by Gasteiger charge is -2.16. The van der Waals surface area contributed by atoms with Crippen molar-refractivity contribution in [2.45, 2.75) is 32.4 Å². The van der Waals surface area contributed by atoms with Gasteiger partial charge in [0.2, 0.25) is 0 Å². The number of hydrogen-bond donors (Lipinski definition) is 1. The van der Waals surface area contributed by atoms with Crippen molar-refractivity contribution < 1.29 is 23.1 Å². The monoisotopic (exact) mass is 296 g/mol. The summed E-state index contributed by atoms with van der Waals surface area (Å²) in [5.41, 5.74) is 0.439. The van der Waals surface area contributed by atoms with Crippen molar-refractivity contribution in [3.05, 3.63) is 10.6 Å². The second kappa shape index (κ2) is 6.23. The zero-order chi connectivity index (χ0) is 14.6. The van der Waals surface area contributed by atoms with Crippen LogP contribution < -0.4 is 4.90 Å². The maximum atomic E-state index is 12.1. The number of rotatable bonds is 6. The van der Waals surface area contributed by atoms with Gasteiger partial charge in [-0.25, -0.2) is 9.78 Å². The zero-order valence-corrected chi connectivity index (χ0v) is 11.4. The number of aromatic carboxylic acids is 1. The number of nitrogens with zero attached hydrogens (tertiary/aromatic N) is 2. The third-order valence-corrected chi connectivity index (χ3v) is 3.62. The highest BCUT2D eigenvalue weighted by Gasteiger charge is 2.28. The first-order valence-corrected chi connectivity index (χ1v) is 6.57. The van der Waals surface area contributed by atoms with Crippen LogP contribution in [0.4, 0.5) is 18.3 Å². The van der Waals surface area contributed by atoms with Crippen molar-refractivity contribution in [2.75, 3.05) is 18.5 Å². The molecule has 1 N–H and O–H groups in total. The van der Waals surface area contributed by atoms with Crippen molar-refractivity contribution in [1.82, 2.24) is 4.98 Å². The SMILES string of the molecule is CCCc1nc(N(C)CCC(F)(F)F)sc1C(=O)O. The lowest BCUT2D eigenvalue weighted by atomic mass is 10.2. The first-order valence-electron chi connectivity index (χ1n) is 5.75. The predicted octanol–water partition coefficient (Wildman–Crippen LogP) is 3.18. The van der Waals surface area contributed by atoms with Crippen LogP contribution in [0.5, 0.6) is 0 Å². The molecule has 0 spiro atoms. The Hall–Kier alpha value is -1.31. The van der Waals surface area contributed by atoms with Gasteiger partial charge in [-0.1, -0.05) is 24.7 Å². The van der Waals surface area contributed by atoms with Gasteiger partial charge >= 0.3 is 12.1 Å². The quantitative estimate of drug-likeness (QED) is 0.876. The molecule has 19 heavy (non-hydrogen) atoms. The Balaban J connectivity index is 2.83. The smallest absolute Gasteiger partial charge is 0.390 e. The number of anilines is 1. The van der Waals surface area contributed by atoms with Crippen molar-refractivity contribution in [3.63, 3.8) is 0 Å². The fourth-order valence-corrected chi connectivity index (χ4v) is 2.40. The number of thiazole rings is 1. The Bertz CT molecular complexity index is 446. The fourth-order valence-electron chi connectivity index (χ4n) is 1.47. The summed E-state index contributed by atoms with van der Waals surface area (Å²) in [5.74, 6) is -1.09. The second-order valence-corrected chi connectivity index (χ2v) is 5.09. The highest BCUT2D eigenvalue weighted by Crippen LogP contribution is 2.28. The van der Waals surface area contributed by atoms with Crippen LogP contribution in [0.3, 0.4) is 0 Å². The predicted molar refractivity (Wildman–Crippen MR) is 67.0 cm³/mol. The highest BCUT2D eigenvalue weighted by atomic mass is 32.1. The normalized spacial score (nSPS) is 11.6. The molecule has 0 radical (unpaired) electrons. The number of carboxylic acid groups (broad SMARTS) is 1. The lowest BCUT2D eigenvalue weighted by Crippen LogP contribution is -2.23. The van der Waals surface area contributed by atoms with Crippen LogP contribution in [-0.2, 0) is 6.42 Å². The number of alkyl halides is 3. The molecule has 0 saturated carbocycles. The van der Waals surface area contributed by atoms with Crippen LogP contribution in [0.1, 0.15) is 35.1 Å². The molecule has 8 heteroatoms. The molecule has 1 rings (SSSR count). The van der Waals surface area contributed by atoms with E-state index in [0.717, 1.165) is 17.8 Å². The molecule has 0 saturated heterocycles. The molecule has 1 aromatic heterocycles. The van der Waals surface area contributed by atoms with E-state index in [2.05, 4.69) is 4.98 Å². The van der Waals surface area contributed by atoms with E-state index in [-0.39, 0.29) is 11.4 Å². The number of hydrogen-bond acceptors (Lipinski definition) is 4. The number of aryl methyl sites for hydroxylation is 1. The maximum Gasteiger partial charge on any atom is 0.390 e. The molecule has 1 aromatic rings. The molecule has 4 nitrogen and oxygen atoms in total. The van der Waals surface area contributed by atoms with Gasteiger partial charge in [0.25, 0.3) is 0 Å². The zero-order valence-electron chi connectivity index (χ0n) is 10.6. The van der Waals surface area contributed by atoms with E-state index in [4.69, 9.17) is 5.11 Å². The summed E-state index contributed by atoms with van der Waals surface area (Å²) in [7, 11) is 1.48. The molecule has 108 valence electrons. The summed E-state index contributed by atoms with van der Waals surface area (Å²) in [6, 6.07) is 0. The van der Waals surface area contributed by atoms with Crippen LogP contribution >= 0.6 is 11.3 Å². The largest absolute Gasteiger partial charge is 0.477 e. The fraction of sp³-hybridized carbons (Fsp3) is 0.636. The summed E-state index contributed by atoms with van der Waals surface area (Å²) in [5, 5.41) is 9.33. The number of carboxylic acids is 1. The van der Waals surface area contributed by atoms with Crippen molar-refractivity contribution in [1.29, 1.82) is 0 Å². The van der Waals surface area contributed by atoms with Gasteiger partial charge < -0.3 is 10.0 Å². The molecule has 0 fully saturated rings. The van der Waals surface area contributed by atoms with Crippen molar-refractivity contribution in [3.8, 4) is 0 Å². The molecule has 0 aliphatic carbocycles. The Morgan fingerprint density at radius 1 is 1.47 bits per heavy atom. The van der Waals surface area contributed by atoms with E-state index in [0.29, 0.717) is 17.2 Å². The molecular weight excluding hydrogens is 281 g/mol. The van der Waals surface area contributed by atoms with E-state index in [1.54, 1.807) is 0 Å².